The van der Waals surface area contributed by atoms with Gasteiger partial charge in [-0.15, -0.1) is 0 Å². The summed E-state index contributed by atoms with van der Waals surface area (Å²) in [4.78, 5) is 37.3. The number of carbonyl (C=O) groups is 3. The lowest BCUT2D eigenvalue weighted by molar-refractivity contribution is -0.162. The molecule has 29 heavy (non-hydrogen) atoms. The predicted octanol–water partition coefficient (Wildman–Crippen LogP) is 1.20. The van der Waals surface area contributed by atoms with E-state index >= 15 is 0 Å². The molecular formula is C18H19IO9S. The smallest absolute Gasteiger partial charge is 0.338 e. The first-order valence-corrected chi connectivity index (χ1v) is 11.7. The van der Waals surface area contributed by atoms with Gasteiger partial charge in [0.1, 0.15) is 24.6 Å². The van der Waals surface area contributed by atoms with E-state index in [-0.39, 0.29) is 11.5 Å². The van der Waals surface area contributed by atoms with Gasteiger partial charge in [-0.25, -0.2) is 4.79 Å². The lowest BCUT2D eigenvalue weighted by Gasteiger charge is -2.30. The highest BCUT2D eigenvalue weighted by Crippen LogP contribution is 2.59. The average molecular weight is 538 g/mol. The molecule has 3 aliphatic rings. The number of carbonyl (C=O) groups excluding carboxylic acids is 3. The van der Waals surface area contributed by atoms with Gasteiger partial charge in [0, 0.05) is 11.8 Å². The van der Waals surface area contributed by atoms with Gasteiger partial charge in [0.25, 0.3) is 10.1 Å². The first kappa shape index (κ1) is 22.0. The Morgan fingerprint density at radius 3 is 2.69 bits per heavy atom. The topological polar surface area (TPSA) is 133 Å². The Morgan fingerprint density at radius 2 is 2.07 bits per heavy atom. The minimum atomic E-state index is -4.28. The molecule has 0 amide bonds. The van der Waals surface area contributed by atoms with Crippen molar-refractivity contribution in [2.24, 2.45) is 23.7 Å². The highest BCUT2D eigenvalue weighted by molar-refractivity contribution is 14.1. The highest BCUT2D eigenvalue weighted by atomic mass is 127. The predicted molar refractivity (Wildman–Crippen MR) is 107 cm³/mol. The van der Waals surface area contributed by atoms with Gasteiger partial charge in [-0.3, -0.25) is 14.1 Å². The largest absolute Gasteiger partial charge is 0.464 e. The van der Waals surface area contributed by atoms with Crippen molar-refractivity contribution in [3.05, 3.63) is 34.5 Å². The molecule has 158 valence electrons. The van der Waals surface area contributed by atoms with Crippen molar-refractivity contribution in [2.75, 3.05) is 12.4 Å². The van der Waals surface area contributed by atoms with Crippen molar-refractivity contribution in [2.45, 2.75) is 18.6 Å². The standard InChI is InChI=1S/C18H19IO9S/c1-2-9(4-3-5-19)16(20)27-14-10-8-11-13(18(22)28-15(11)14)12(10)17(21)26-6-7-29(23,24)25/h2-5,10-15H,1,6-8H2,(H,23,24,25)/b5-3+,9-4+. The summed E-state index contributed by atoms with van der Waals surface area (Å²) < 4.78 is 48.0. The quantitative estimate of drug-likeness (QED) is 0.121. The number of hydrogen-bond acceptors (Lipinski definition) is 8. The van der Waals surface area contributed by atoms with E-state index in [1.807, 2.05) is 22.6 Å². The molecule has 1 N–H and O–H groups in total. The summed E-state index contributed by atoms with van der Waals surface area (Å²) in [6.07, 6.45) is 3.55. The molecule has 0 spiro atoms. The fourth-order valence-corrected chi connectivity index (χ4v) is 4.87. The number of hydrogen-bond donors (Lipinski definition) is 1. The molecule has 2 bridgehead atoms. The van der Waals surface area contributed by atoms with Gasteiger partial charge >= 0.3 is 17.9 Å². The second kappa shape index (κ2) is 8.56. The van der Waals surface area contributed by atoms with Crippen LogP contribution >= 0.6 is 22.6 Å². The van der Waals surface area contributed by atoms with Gasteiger partial charge in [-0.1, -0.05) is 41.3 Å². The summed E-state index contributed by atoms with van der Waals surface area (Å²) in [5.41, 5.74) is 0.217. The van der Waals surface area contributed by atoms with Crippen LogP contribution in [-0.2, 0) is 38.7 Å². The van der Waals surface area contributed by atoms with Crippen LogP contribution in [0.4, 0.5) is 0 Å². The maximum absolute atomic E-state index is 12.5. The number of ether oxygens (including phenoxy) is 3. The van der Waals surface area contributed by atoms with Crippen LogP contribution in [0.25, 0.3) is 0 Å². The van der Waals surface area contributed by atoms with Crippen molar-refractivity contribution in [1.82, 2.24) is 0 Å². The van der Waals surface area contributed by atoms with Gasteiger partial charge in [0.05, 0.1) is 17.4 Å². The Labute approximate surface area is 181 Å². The van der Waals surface area contributed by atoms with Crippen LogP contribution in [0.15, 0.2) is 34.5 Å². The van der Waals surface area contributed by atoms with E-state index in [4.69, 9.17) is 18.8 Å². The maximum atomic E-state index is 12.5. The second-order valence-electron chi connectivity index (χ2n) is 6.98. The molecule has 11 heteroatoms. The fourth-order valence-electron chi connectivity index (χ4n) is 4.36. The highest BCUT2D eigenvalue weighted by Gasteiger charge is 2.70. The number of esters is 3. The summed E-state index contributed by atoms with van der Waals surface area (Å²) in [6, 6.07) is 0. The molecule has 0 aromatic carbocycles. The number of allylic oxidation sites excluding steroid dienone is 2. The maximum Gasteiger partial charge on any atom is 0.338 e. The molecule has 2 saturated carbocycles. The Bertz CT molecular complexity index is 891. The molecule has 1 saturated heterocycles. The van der Waals surface area contributed by atoms with Gasteiger partial charge in [-0.2, -0.15) is 8.42 Å². The molecule has 0 aromatic rings. The zero-order valence-corrected chi connectivity index (χ0v) is 18.1. The number of fused-ring (bicyclic) bond motifs is 1. The summed E-state index contributed by atoms with van der Waals surface area (Å²) >= 11 is 1.99. The molecule has 0 aromatic heterocycles. The van der Waals surface area contributed by atoms with Gasteiger partial charge in [0.15, 0.2) is 0 Å². The van der Waals surface area contributed by atoms with Gasteiger partial charge < -0.3 is 14.2 Å². The van der Waals surface area contributed by atoms with E-state index < -0.39 is 70.3 Å². The minimum absolute atomic E-state index is 0.217. The van der Waals surface area contributed by atoms with Crippen LogP contribution < -0.4 is 0 Å². The van der Waals surface area contributed by atoms with Gasteiger partial charge in [0.2, 0.25) is 0 Å². The molecule has 3 fully saturated rings. The summed E-state index contributed by atoms with van der Waals surface area (Å²) in [5.74, 6) is -5.05. The summed E-state index contributed by atoms with van der Waals surface area (Å²) in [5, 5.41) is 0. The van der Waals surface area contributed by atoms with Gasteiger partial charge in [-0.05, 0) is 16.6 Å². The molecule has 3 rings (SSSR count). The lowest BCUT2D eigenvalue weighted by atomic mass is 9.78. The van der Waals surface area contributed by atoms with E-state index in [0.29, 0.717) is 6.42 Å². The molecule has 9 nitrogen and oxygen atoms in total. The number of rotatable bonds is 8. The Morgan fingerprint density at radius 1 is 1.34 bits per heavy atom. The van der Waals surface area contributed by atoms with E-state index in [9.17, 15) is 22.8 Å². The zero-order valence-electron chi connectivity index (χ0n) is 15.1. The average Bonchev–Trinajstić information content (AvgIpc) is 3.24. The SMILES string of the molecule is C=C/C(=C\C=C\I)C(=O)OC1C2CC3C1OC(=O)C3C2C(=O)OCCS(=O)(=O)O. The van der Waals surface area contributed by atoms with Crippen molar-refractivity contribution >= 4 is 50.6 Å². The molecule has 6 atom stereocenters. The first-order valence-electron chi connectivity index (χ1n) is 8.80. The van der Waals surface area contributed by atoms with Crippen molar-refractivity contribution < 1.29 is 41.6 Å². The normalized spacial score (nSPS) is 33.0. The fraction of sp³-hybridized carbons (Fsp3) is 0.500. The van der Waals surface area contributed by atoms with Crippen LogP contribution in [-0.4, -0.2) is 55.4 Å². The molecule has 1 heterocycles. The van der Waals surface area contributed by atoms with Crippen molar-refractivity contribution in [1.29, 1.82) is 0 Å². The van der Waals surface area contributed by atoms with E-state index in [0.717, 1.165) is 0 Å². The first-order chi connectivity index (χ1) is 13.7. The van der Waals surface area contributed by atoms with Crippen LogP contribution in [0.5, 0.6) is 0 Å². The van der Waals surface area contributed by atoms with Crippen LogP contribution in [0.2, 0.25) is 0 Å². The summed E-state index contributed by atoms with van der Waals surface area (Å²) in [7, 11) is -4.28. The van der Waals surface area contributed by atoms with E-state index in [2.05, 4.69) is 6.58 Å². The third kappa shape index (κ3) is 4.40. The Hall–Kier alpha value is -1.73. The minimum Gasteiger partial charge on any atom is -0.464 e. The van der Waals surface area contributed by atoms with E-state index in [1.165, 1.54) is 12.2 Å². The molecule has 0 radical (unpaired) electrons. The Balaban J connectivity index is 1.74. The molecule has 1 aliphatic heterocycles. The Kier molecular flexibility index (Phi) is 6.48. The third-order valence-electron chi connectivity index (χ3n) is 5.45. The second-order valence-corrected chi connectivity index (χ2v) is 9.28. The monoisotopic (exact) mass is 538 g/mol. The van der Waals surface area contributed by atoms with Crippen molar-refractivity contribution in [3.8, 4) is 0 Å². The lowest BCUT2D eigenvalue weighted by Crippen LogP contribution is -2.44. The molecule has 6 unspecified atom stereocenters. The van der Waals surface area contributed by atoms with Crippen LogP contribution in [0.1, 0.15) is 6.42 Å². The van der Waals surface area contributed by atoms with Crippen molar-refractivity contribution in [3.63, 3.8) is 0 Å². The molecule has 2 aliphatic carbocycles. The number of halogens is 1. The van der Waals surface area contributed by atoms with Crippen LogP contribution in [0.3, 0.4) is 0 Å². The summed E-state index contributed by atoms with van der Waals surface area (Å²) in [6.45, 7) is 3.04. The van der Waals surface area contributed by atoms with E-state index in [1.54, 1.807) is 10.2 Å². The third-order valence-corrected chi connectivity index (χ3v) is 6.55. The molecular weight excluding hydrogens is 519 g/mol. The van der Waals surface area contributed by atoms with Crippen LogP contribution in [0, 0.1) is 23.7 Å². The zero-order chi connectivity index (χ0) is 21.3.